The summed E-state index contributed by atoms with van der Waals surface area (Å²) in [5.41, 5.74) is 2.52. The van der Waals surface area contributed by atoms with Gasteiger partial charge in [0, 0.05) is 5.39 Å². The Balaban J connectivity index is 2.80. The van der Waals surface area contributed by atoms with Gasteiger partial charge in [0.1, 0.15) is 0 Å². The summed E-state index contributed by atoms with van der Waals surface area (Å²) in [5.74, 6) is 0.320. The first kappa shape index (κ1) is 14.1. The summed E-state index contributed by atoms with van der Waals surface area (Å²) in [5, 5.41) is 1.68. The van der Waals surface area contributed by atoms with E-state index in [1.165, 1.54) is 0 Å². The second-order valence-corrected chi connectivity index (χ2v) is 5.00. The van der Waals surface area contributed by atoms with Crippen molar-refractivity contribution in [3.8, 4) is 0 Å². The summed E-state index contributed by atoms with van der Waals surface area (Å²) in [6.45, 7) is 13.7. The number of allylic oxidation sites excluding steroid dienone is 3. The molecule has 0 aliphatic heterocycles. The van der Waals surface area contributed by atoms with Crippen LogP contribution in [-0.2, 0) is 6.42 Å². The van der Waals surface area contributed by atoms with Crippen molar-refractivity contribution in [2.45, 2.75) is 13.3 Å². The van der Waals surface area contributed by atoms with Crippen molar-refractivity contribution in [3.05, 3.63) is 77.8 Å². The van der Waals surface area contributed by atoms with Crippen LogP contribution in [0, 0.1) is 5.92 Å². The smallest absolute Gasteiger partial charge is 0.256 e. The van der Waals surface area contributed by atoms with Gasteiger partial charge in [-0.2, -0.15) is 0 Å². The molecule has 2 rings (SSSR count). The molecule has 0 aliphatic rings. The van der Waals surface area contributed by atoms with Crippen LogP contribution in [0.25, 0.3) is 16.3 Å². The van der Waals surface area contributed by atoms with Crippen LogP contribution in [0.2, 0.25) is 0 Å². The topological polar surface area (TPSA) is 32.9 Å². The molecule has 0 amide bonds. The van der Waals surface area contributed by atoms with E-state index in [1.807, 2.05) is 30.3 Å². The van der Waals surface area contributed by atoms with Gasteiger partial charge in [-0.05, 0) is 34.9 Å². The third kappa shape index (κ3) is 2.50. The highest BCUT2D eigenvalue weighted by molar-refractivity contribution is 5.89. The zero-order valence-corrected chi connectivity index (χ0v) is 11.8. The maximum atomic E-state index is 12.2. The van der Waals surface area contributed by atoms with E-state index in [2.05, 4.69) is 31.6 Å². The maximum absolute atomic E-state index is 12.2. The number of pyridine rings is 1. The summed E-state index contributed by atoms with van der Waals surface area (Å²) in [7, 11) is 0. The maximum Gasteiger partial charge on any atom is 0.256 e. The van der Waals surface area contributed by atoms with Crippen LogP contribution < -0.4 is 5.56 Å². The SMILES string of the molecule is C=CC(=C)c1[nH]c(=O)c2ccccc2c1CC(C)C=C. The predicted octanol–water partition coefficient (Wildman–Crippen LogP) is 4.09. The second kappa shape index (κ2) is 5.74. The first-order valence-electron chi connectivity index (χ1n) is 6.66. The summed E-state index contributed by atoms with van der Waals surface area (Å²) in [6, 6.07) is 7.65. The van der Waals surface area contributed by atoms with Crippen molar-refractivity contribution < 1.29 is 0 Å². The summed E-state index contributed by atoms with van der Waals surface area (Å²) in [4.78, 5) is 15.1. The van der Waals surface area contributed by atoms with E-state index in [0.717, 1.165) is 28.6 Å². The predicted molar refractivity (Wildman–Crippen MR) is 86.9 cm³/mol. The number of fused-ring (bicyclic) bond motifs is 1. The lowest BCUT2D eigenvalue weighted by atomic mass is 9.93. The monoisotopic (exact) mass is 265 g/mol. The van der Waals surface area contributed by atoms with Gasteiger partial charge in [0.25, 0.3) is 5.56 Å². The normalized spacial score (nSPS) is 12.1. The van der Waals surface area contributed by atoms with Gasteiger partial charge in [0.2, 0.25) is 0 Å². The molecule has 0 aliphatic carbocycles. The fraction of sp³-hybridized carbons (Fsp3) is 0.167. The van der Waals surface area contributed by atoms with E-state index in [9.17, 15) is 4.79 Å². The Kier molecular flexibility index (Phi) is 4.04. The van der Waals surface area contributed by atoms with Crippen LogP contribution in [0.5, 0.6) is 0 Å². The highest BCUT2D eigenvalue weighted by Crippen LogP contribution is 2.25. The molecule has 0 bridgehead atoms. The van der Waals surface area contributed by atoms with Crippen molar-refractivity contribution in [1.29, 1.82) is 0 Å². The fourth-order valence-electron chi connectivity index (χ4n) is 2.33. The standard InChI is InChI=1S/C18H19NO/c1-5-12(3)11-16-14-9-7-8-10-15(14)18(20)19-17(16)13(4)6-2/h5-10,12H,1-2,4,11H2,3H3,(H,19,20). The molecule has 2 nitrogen and oxygen atoms in total. The minimum atomic E-state index is -0.0893. The van der Waals surface area contributed by atoms with Gasteiger partial charge < -0.3 is 4.98 Å². The van der Waals surface area contributed by atoms with E-state index >= 15 is 0 Å². The minimum absolute atomic E-state index is 0.0893. The fourth-order valence-corrected chi connectivity index (χ4v) is 2.33. The Morgan fingerprint density at radius 1 is 1.30 bits per heavy atom. The van der Waals surface area contributed by atoms with Crippen molar-refractivity contribution in [2.75, 3.05) is 0 Å². The summed E-state index contributed by atoms with van der Waals surface area (Å²) < 4.78 is 0. The lowest BCUT2D eigenvalue weighted by Crippen LogP contribution is -2.13. The minimum Gasteiger partial charge on any atom is -0.321 e. The molecule has 20 heavy (non-hydrogen) atoms. The van der Waals surface area contributed by atoms with Crippen molar-refractivity contribution >= 4 is 16.3 Å². The molecule has 1 atom stereocenters. The number of aromatic nitrogens is 1. The van der Waals surface area contributed by atoms with E-state index in [-0.39, 0.29) is 5.56 Å². The van der Waals surface area contributed by atoms with E-state index in [1.54, 1.807) is 6.08 Å². The zero-order chi connectivity index (χ0) is 14.7. The Bertz CT molecular complexity index is 737. The molecule has 0 radical (unpaired) electrons. The Morgan fingerprint density at radius 2 is 1.95 bits per heavy atom. The van der Waals surface area contributed by atoms with Crippen LogP contribution in [0.3, 0.4) is 0 Å². The van der Waals surface area contributed by atoms with E-state index < -0.39 is 0 Å². The molecular formula is C18H19NO. The molecule has 1 aromatic carbocycles. The number of hydrogen-bond donors (Lipinski definition) is 1. The van der Waals surface area contributed by atoms with Gasteiger partial charge in [-0.15, -0.1) is 6.58 Å². The van der Waals surface area contributed by atoms with Crippen LogP contribution in [-0.4, -0.2) is 4.98 Å². The Labute approximate surface area is 119 Å². The molecule has 2 heteroatoms. The van der Waals surface area contributed by atoms with Gasteiger partial charge in [0.15, 0.2) is 0 Å². The number of nitrogens with one attached hydrogen (secondary N) is 1. The van der Waals surface area contributed by atoms with Gasteiger partial charge in [-0.25, -0.2) is 0 Å². The molecule has 1 heterocycles. The van der Waals surface area contributed by atoms with Gasteiger partial charge in [-0.1, -0.05) is 50.4 Å². The van der Waals surface area contributed by atoms with Gasteiger partial charge in [-0.3, -0.25) is 4.79 Å². The quantitative estimate of drug-likeness (QED) is 0.641. The van der Waals surface area contributed by atoms with Crippen LogP contribution >= 0.6 is 0 Å². The molecular weight excluding hydrogens is 246 g/mol. The summed E-state index contributed by atoms with van der Waals surface area (Å²) >= 11 is 0. The average Bonchev–Trinajstić information content (AvgIpc) is 2.48. The molecule has 2 aromatic rings. The first-order valence-corrected chi connectivity index (χ1v) is 6.66. The summed E-state index contributed by atoms with van der Waals surface area (Å²) in [6.07, 6.45) is 4.39. The van der Waals surface area contributed by atoms with Crippen molar-refractivity contribution in [3.63, 3.8) is 0 Å². The largest absolute Gasteiger partial charge is 0.321 e. The molecule has 1 unspecified atom stereocenters. The van der Waals surface area contributed by atoms with Crippen LogP contribution in [0.4, 0.5) is 0 Å². The molecule has 1 aromatic heterocycles. The number of benzene rings is 1. The number of aromatic amines is 1. The van der Waals surface area contributed by atoms with Crippen LogP contribution in [0.15, 0.2) is 60.9 Å². The van der Waals surface area contributed by atoms with Crippen LogP contribution in [0.1, 0.15) is 18.2 Å². The zero-order valence-electron chi connectivity index (χ0n) is 11.8. The van der Waals surface area contributed by atoms with E-state index in [4.69, 9.17) is 0 Å². The van der Waals surface area contributed by atoms with Crippen molar-refractivity contribution in [2.24, 2.45) is 5.92 Å². The number of H-pyrrole nitrogens is 1. The molecule has 0 saturated carbocycles. The lowest BCUT2D eigenvalue weighted by Gasteiger charge is -2.15. The Hall–Kier alpha value is -2.35. The van der Waals surface area contributed by atoms with E-state index in [0.29, 0.717) is 11.3 Å². The van der Waals surface area contributed by atoms with Gasteiger partial charge in [0.05, 0.1) is 5.69 Å². The molecule has 102 valence electrons. The molecule has 0 fully saturated rings. The highest BCUT2D eigenvalue weighted by Gasteiger charge is 2.13. The molecule has 1 N–H and O–H groups in total. The lowest BCUT2D eigenvalue weighted by molar-refractivity contribution is 0.725. The third-order valence-corrected chi connectivity index (χ3v) is 3.53. The van der Waals surface area contributed by atoms with Gasteiger partial charge >= 0.3 is 0 Å². The second-order valence-electron chi connectivity index (χ2n) is 5.00. The molecule has 0 saturated heterocycles. The average molecular weight is 265 g/mol. The van der Waals surface area contributed by atoms with Crippen molar-refractivity contribution in [1.82, 2.24) is 4.98 Å². The molecule has 0 spiro atoms. The third-order valence-electron chi connectivity index (χ3n) is 3.53. The Morgan fingerprint density at radius 3 is 2.55 bits per heavy atom. The highest BCUT2D eigenvalue weighted by atomic mass is 16.1. The number of rotatable bonds is 5. The first-order chi connectivity index (χ1) is 9.58. The number of hydrogen-bond acceptors (Lipinski definition) is 1.